The van der Waals surface area contributed by atoms with Crippen molar-refractivity contribution in [2.24, 2.45) is 0 Å². The number of pyridine rings is 2. The molecule has 0 spiro atoms. The van der Waals surface area contributed by atoms with Crippen LogP contribution in [0.25, 0.3) is 22.2 Å². The van der Waals surface area contributed by atoms with Crippen molar-refractivity contribution in [2.75, 3.05) is 30.8 Å². The maximum absolute atomic E-state index is 14.6. The molecule has 0 saturated heterocycles. The fraction of sp³-hybridized carbons (Fsp3) is 0.240. The Morgan fingerprint density at radius 2 is 1.86 bits per heavy atom. The van der Waals surface area contributed by atoms with Crippen LogP contribution < -0.4 is 16.0 Å². The summed E-state index contributed by atoms with van der Waals surface area (Å²) in [6.45, 7) is 5.36. The van der Waals surface area contributed by atoms with Crippen LogP contribution in [0.2, 0.25) is 0 Å². The van der Waals surface area contributed by atoms with Gasteiger partial charge >= 0.3 is 0 Å². The fourth-order valence-electron chi connectivity index (χ4n) is 3.78. The van der Waals surface area contributed by atoms with Gasteiger partial charge in [-0.1, -0.05) is 13.0 Å². The Balaban J connectivity index is 0.00000342. The van der Waals surface area contributed by atoms with Gasteiger partial charge in [-0.05, 0) is 36.8 Å². The van der Waals surface area contributed by atoms with Crippen molar-refractivity contribution in [1.82, 2.24) is 25.3 Å². The largest absolute Gasteiger partial charge is 0.370 e. The van der Waals surface area contributed by atoms with Crippen molar-refractivity contribution in [3.05, 3.63) is 72.1 Å². The monoisotopic (exact) mass is 493 g/mol. The van der Waals surface area contributed by atoms with E-state index >= 15 is 0 Å². The SMILES string of the molecule is CCNc1ccc(-c2cc(NC[C@@H](C)c3ccc(F)c4c(C(=O)NC)ccnc34)ncn2)cn1.S. The number of nitrogens with zero attached hydrogens (tertiary/aromatic N) is 4. The normalized spacial score (nSPS) is 11.4. The second kappa shape index (κ2) is 11.6. The molecule has 0 unspecified atom stereocenters. The van der Waals surface area contributed by atoms with E-state index in [1.165, 1.54) is 31.7 Å². The molecule has 10 heteroatoms. The number of anilines is 2. The molecule has 182 valence electrons. The van der Waals surface area contributed by atoms with E-state index in [-0.39, 0.29) is 36.3 Å². The molecule has 0 fully saturated rings. The summed E-state index contributed by atoms with van der Waals surface area (Å²) in [5, 5.41) is 9.28. The highest BCUT2D eigenvalue weighted by molar-refractivity contribution is 7.59. The van der Waals surface area contributed by atoms with Gasteiger partial charge in [0.05, 0.1) is 16.8 Å². The van der Waals surface area contributed by atoms with Crippen molar-refractivity contribution in [3.8, 4) is 11.3 Å². The number of amides is 1. The summed E-state index contributed by atoms with van der Waals surface area (Å²) in [5.41, 5.74) is 3.22. The molecular weight excluding hydrogens is 465 g/mol. The number of hydrogen-bond donors (Lipinski definition) is 3. The topological polar surface area (TPSA) is 105 Å². The van der Waals surface area contributed by atoms with Gasteiger partial charge in [0.1, 0.15) is 23.8 Å². The molecule has 0 saturated carbocycles. The molecule has 1 amide bonds. The minimum atomic E-state index is -0.472. The quantitative estimate of drug-likeness (QED) is 0.335. The molecule has 0 radical (unpaired) electrons. The first-order valence-electron chi connectivity index (χ1n) is 11.1. The molecule has 3 N–H and O–H groups in total. The number of nitrogens with one attached hydrogen (secondary N) is 3. The number of halogens is 1. The number of hydrogen-bond acceptors (Lipinski definition) is 7. The van der Waals surface area contributed by atoms with Gasteiger partial charge in [-0.2, -0.15) is 13.5 Å². The minimum absolute atomic E-state index is 0. The van der Waals surface area contributed by atoms with E-state index in [4.69, 9.17) is 0 Å². The first-order valence-corrected chi connectivity index (χ1v) is 11.1. The van der Waals surface area contributed by atoms with Crippen LogP contribution in [-0.2, 0) is 0 Å². The second-order valence-corrected chi connectivity index (χ2v) is 7.83. The molecule has 0 aliphatic heterocycles. The Morgan fingerprint density at radius 3 is 2.57 bits per heavy atom. The summed E-state index contributed by atoms with van der Waals surface area (Å²) < 4.78 is 14.6. The summed E-state index contributed by atoms with van der Waals surface area (Å²) in [6.07, 6.45) is 4.81. The Hall–Kier alpha value is -3.79. The van der Waals surface area contributed by atoms with Crippen LogP contribution in [-0.4, -0.2) is 46.0 Å². The second-order valence-electron chi connectivity index (χ2n) is 7.83. The minimum Gasteiger partial charge on any atom is -0.370 e. The van der Waals surface area contributed by atoms with E-state index in [1.54, 1.807) is 12.3 Å². The summed E-state index contributed by atoms with van der Waals surface area (Å²) >= 11 is 0. The highest BCUT2D eigenvalue weighted by atomic mass is 32.1. The summed E-state index contributed by atoms with van der Waals surface area (Å²) in [4.78, 5) is 29.7. The van der Waals surface area contributed by atoms with Crippen LogP contribution in [0.3, 0.4) is 0 Å². The standard InChI is InChI=1S/C25H26FN7O.H2S/c1-4-28-21-8-5-16(13-31-21)20-11-22(33-14-32-20)30-12-15(2)17-6-7-19(26)23-18(25(34)27-3)9-10-29-24(17)23;/h5-11,13-15H,4,12H2,1-3H3,(H,27,34)(H,28,31)(H,30,32,33);1H2/t15-;/m1./s1. The number of rotatable bonds is 8. The molecule has 4 rings (SSSR count). The predicted octanol–water partition coefficient (Wildman–Crippen LogP) is 4.35. The van der Waals surface area contributed by atoms with Gasteiger partial charge in [0, 0.05) is 55.5 Å². The van der Waals surface area contributed by atoms with E-state index in [0.29, 0.717) is 17.9 Å². The van der Waals surface area contributed by atoms with Crippen LogP contribution >= 0.6 is 13.5 Å². The molecule has 1 aromatic carbocycles. The Labute approximate surface area is 210 Å². The fourth-order valence-corrected chi connectivity index (χ4v) is 3.78. The summed E-state index contributed by atoms with van der Waals surface area (Å²) in [5.74, 6) is 0.621. The van der Waals surface area contributed by atoms with Crippen molar-refractivity contribution < 1.29 is 9.18 Å². The van der Waals surface area contributed by atoms with Gasteiger partial charge in [0.25, 0.3) is 5.91 Å². The molecule has 3 aromatic heterocycles. The molecule has 8 nitrogen and oxygen atoms in total. The molecular formula is C25H28FN7OS. The van der Waals surface area contributed by atoms with Gasteiger partial charge in [-0.3, -0.25) is 9.78 Å². The van der Waals surface area contributed by atoms with E-state index < -0.39 is 5.82 Å². The van der Waals surface area contributed by atoms with Gasteiger partial charge in [-0.15, -0.1) is 0 Å². The molecule has 3 heterocycles. The predicted molar refractivity (Wildman–Crippen MR) is 142 cm³/mol. The molecule has 0 bridgehead atoms. The maximum Gasteiger partial charge on any atom is 0.251 e. The molecule has 4 aromatic rings. The third-order valence-corrected chi connectivity index (χ3v) is 5.55. The Kier molecular flexibility index (Phi) is 8.53. The molecule has 1 atom stereocenters. The van der Waals surface area contributed by atoms with Crippen LogP contribution in [0.1, 0.15) is 35.7 Å². The third-order valence-electron chi connectivity index (χ3n) is 5.55. The van der Waals surface area contributed by atoms with Crippen LogP contribution in [0.5, 0.6) is 0 Å². The number of carbonyl (C=O) groups is 1. The van der Waals surface area contributed by atoms with Gasteiger partial charge in [-0.25, -0.2) is 19.3 Å². The lowest BCUT2D eigenvalue weighted by molar-refractivity contribution is 0.0964. The molecule has 35 heavy (non-hydrogen) atoms. The van der Waals surface area contributed by atoms with Crippen molar-refractivity contribution in [2.45, 2.75) is 19.8 Å². The molecule has 0 aliphatic rings. The number of benzene rings is 1. The number of aromatic nitrogens is 4. The first-order chi connectivity index (χ1) is 16.5. The van der Waals surface area contributed by atoms with E-state index in [9.17, 15) is 9.18 Å². The van der Waals surface area contributed by atoms with Gasteiger partial charge < -0.3 is 16.0 Å². The van der Waals surface area contributed by atoms with Crippen LogP contribution in [0.4, 0.5) is 16.0 Å². The lowest BCUT2D eigenvalue weighted by Crippen LogP contribution is -2.19. The van der Waals surface area contributed by atoms with Crippen molar-refractivity contribution in [3.63, 3.8) is 0 Å². The highest BCUT2D eigenvalue weighted by Crippen LogP contribution is 2.29. The Bertz CT molecular complexity index is 1320. The van der Waals surface area contributed by atoms with Crippen molar-refractivity contribution >= 4 is 41.9 Å². The van der Waals surface area contributed by atoms with E-state index in [1.807, 2.05) is 32.0 Å². The van der Waals surface area contributed by atoms with Gasteiger partial charge in [0.2, 0.25) is 0 Å². The van der Waals surface area contributed by atoms with Crippen LogP contribution in [0.15, 0.2) is 55.1 Å². The summed E-state index contributed by atoms with van der Waals surface area (Å²) in [6, 6.07) is 10.4. The average Bonchev–Trinajstić information content (AvgIpc) is 2.87. The zero-order valence-electron chi connectivity index (χ0n) is 19.8. The number of fused-ring (bicyclic) bond motifs is 1. The van der Waals surface area contributed by atoms with Crippen LogP contribution in [0, 0.1) is 5.82 Å². The maximum atomic E-state index is 14.6. The lowest BCUT2D eigenvalue weighted by atomic mass is 9.95. The van der Waals surface area contributed by atoms with E-state index in [2.05, 4.69) is 35.9 Å². The third kappa shape index (κ3) is 5.65. The van der Waals surface area contributed by atoms with Crippen molar-refractivity contribution in [1.29, 1.82) is 0 Å². The number of carbonyl (C=O) groups excluding carboxylic acids is 1. The Morgan fingerprint density at radius 1 is 1.03 bits per heavy atom. The first kappa shape index (κ1) is 25.8. The lowest BCUT2D eigenvalue weighted by Gasteiger charge is -2.17. The van der Waals surface area contributed by atoms with Gasteiger partial charge in [0.15, 0.2) is 0 Å². The zero-order chi connectivity index (χ0) is 24.1. The smallest absolute Gasteiger partial charge is 0.251 e. The average molecular weight is 494 g/mol. The summed E-state index contributed by atoms with van der Waals surface area (Å²) in [7, 11) is 1.52. The van der Waals surface area contributed by atoms with E-state index in [0.717, 1.165) is 29.2 Å². The highest BCUT2D eigenvalue weighted by Gasteiger charge is 2.18. The zero-order valence-corrected chi connectivity index (χ0v) is 20.8. The molecule has 0 aliphatic carbocycles.